The number of hydrogen-bond acceptors (Lipinski definition) is 4. The molecule has 0 atom stereocenters. The van der Waals surface area contributed by atoms with Crippen molar-refractivity contribution in [3.8, 4) is 11.5 Å². The summed E-state index contributed by atoms with van der Waals surface area (Å²) in [5, 5.41) is 0. The molecule has 0 radical (unpaired) electrons. The Labute approximate surface area is 275 Å². The van der Waals surface area contributed by atoms with E-state index >= 15 is 0 Å². The molecule has 222 valence electrons. The van der Waals surface area contributed by atoms with Crippen molar-refractivity contribution in [3.05, 3.63) is 71.8 Å². The average Bonchev–Trinajstić information content (AvgIpc) is 2.93. The molecule has 0 spiro atoms. The minimum atomic E-state index is 0. The molecule has 2 heterocycles. The molecule has 40 heavy (non-hydrogen) atoms. The normalized spacial score (nSPS) is 18.7. The zero-order chi connectivity index (χ0) is 26.8. The molecule has 2 aliphatic rings. The first-order valence-corrected chi connectivity index (χ1v) is 14.1. The summed E-state index contributed by atoms with van der Waals surface area (Å²) in [6.07, 6.45) is 4.37. The van der Waals surface area contributed by atoms with E-state index in [9.17, 15) is 0 Å². The fraction of sp³-hybridized carbons (Fsp3) is 0.500. The number of rotatable bonds is 11. The highest BCUT2D eigenvalue weighted by Gasteiger charge is 2.26. The summed E-state index contributed by atoms with van der Waals surface area (Å²) in [6.45, 7) is 15.2. The lowest BCUT2D eigenvalue weighted by molar-refractivity contribution is -0.916. The molecular formula is C32H46I2N2O4. The van der Waals surface area contributed by atoms with E-state index in [1.807, 2.05) is 0 Å². The molecule has 2 aromatic rings. The van der Waals surface area contributed by atoms with Crippen molar-refractivity contribution in [1.29, 1.82) is 0 Å². The number of hydrogen-bond donors (Lipinski definition) is 0. The second kappa shape index (κ2) is 17.1. The number of quaternary nitrogens is 2. The Bertz CT molecular complexity index is 988. The molecule has 2 aromatic carbocycles. The fourth-order valence-electron chi connectivity index (χ4n) is 5.20. The zero-order valence-electron chi connectivity index (χ0n) is 24.5. The average molecular weight is 777 g/mol. The van der Waals surface area contributed by atoms with Gasteiger partial charge in [-0.1, -0.05) is 36.4 Å². The van der Waals surface area contributed by atoms with Crippen molar-refractivity contribution < 1.29 is 75.9 Å². The van der Waals surface area contributed by atoms with Gasteiger partial charge >= 0.3 is 0 Å². The minimum Gasteiger partial charge on any atom is -1.00 e. The second-order valence-electron chi connectivity index (χ2n) is 11.0. The lowest BCUT2D eigenvalue weighted by Gasteiger charge is -2.37. The highest BCUT2D eigenvalue weighted by molar-refractivity contribution is 6.04. The lowest BCUT2D eigenvalue weighted by atomic mass is 9.92. The highest BCUT2D eigenvalue weighted by atomic mass is 127. The minimum absolute atomic E-state index is 0. The summed E-state index contributed by atoms with van der Waals surface area (Å²) >= 11 is 0. The number of halogens is 2. The van der Waals surface area contributed by atoms with E-state index in [1.54, 1.807) is 0 Å². The van der Waals surface area contributed by atoms with Gasteiger partial charge in [0.25, 0.3) is 0 Å². The number of benzene rings is 2. The molecular weight excluding hydrogens is 730 g/mol. The maximum atomic E-state index is 6.09. The van der Waals surface area contributed by atoms with Gasteiger partial charge in [0.15, 0.2) is 0 Å². The van der Waals surface area contributed by atoms with Crippen molar-refractivity contribution in [2.45, 2.75) is 13.8 Å². The van der Waals surface area contributed by atoms with Crippen molar-refractivity contribution in [2.75, 3.05) is 93.0 Å². The van der Waals surface area contributed by atoms with Crippen molar-refractivity contribution in [3.63, 3.8) is 0 Å². The van der Waals surface area contributed by atoms with Crippen LogP contribution in [-0.2, 0) is 9.47 Å². The predicted molar refractivity (Wildman–Crippen MR) is 154 cm³/mol. The van der Waals surface area contributed by atoms with Crippen LogP contribution in [0.1, 0.15) is 25.0 Å². The summed E-state index contributed by atoms with van der Waals surface area (Å²) in [5.41, 5.74) is 4.79. The third-order valence-electron chi connectivity index (χ3n) is 8.10. The Morgan fingerprint density at radius 2 is 0.950 bits per heavy atom. The standard InChI is InChI=1S/C32H46N2O4.2HI/c1-5-31(27-7-11-29(12-8-27)37-25-19-33(3)15-21-35-22-16-33)32(6-2)28-9-13-30(14-10-28)38-26-20-34(4)17-23-36-24-18-34;;/h5-14H,15-26H2,1-4H3;2*1H/q+2;;/p-2/b31-5-,32-6+;;. The van der Waals surface area contributed by atoms with Gasteiger partial charge in [-0.2, -0.15) is 0 Å². The van der Waals surface area contributed by atoms with Crippen molar-refractivity contribution in [2.24, 2.45) is 0 Å². The second-order valence-corrected chi connectivity index (χ2v) is 11.0. The molecule has 0 saturated carbocycles. The lowest BCUT2D eigenvalue weighted by Crippen LogP contribution is -3.00. The summed E-state index contributed by atoms with van der Waals surface area (Å²) < 4.78 is 25.2. The first-order valence-electron chi connectivity index (χ1n) is 14.1. The molecule has 0 aliphatic carbocycles. The molecule has 0 aromatic heterocycles. The third kappa shape index (κ3) is 9.97. The maximum absolute atomic E-state index is 6.09. The van der Waals surface area contributed by atoms with Gasteiger partial charge in [-0.3, -0.25) is 0 Å². The molecule has 8 heteroatoms. The van der Waals surface area contributed by atoms with Crippen LogP contribution in [0, 0.1) is 0 Å². The van der Waals surface area contributed by atoms with E-state index in [1.165, 1.54) is 22.3 Å². The molecule has 0 N–H and O–H groups in total. The van der Waals surface area contributed by atoms with E-state index in [2.05, 4.69) is 88.6 Å². The molecule has 2 fully saturated rings. The molecule has 0 unspecified atom stereocenters. The topological polar surface area (TPSA) is 36.9 Å². The largest absolute Gasteiger partial charge is 1.00 e. The molecule has 4 rings (SSSR count). The Morgan fingerprint density at radius 1 is 0.625 bits per heavy atom. The monoisotopic (exact) mass is 776 g/mol. The quantitative estimate of drug-likeness (QED) is 0.166. The van der Waals surface area contributed by atoms with E-state index in [0.717, 1.165) is 86.2 Å². The first kappa shape index (κ1) is 35.0. The Morgan fingerprint density at radius 3 is 1.25 bits per heavy atom. The maximum Gasteiger partial charge on any atom is 0.137 e. The van der Waals surface area contributed by atoms with Gasteiger partial charge in [0.1, 0.15) is 64.0 Å². The Kier molecular flexibility index (Phi) is 14.9. The van der Waals surface area contributed by atoms with Crippen LogP contribution in [0.5, 0.6) is 11.5 Å². The van der Waals surface area contributed by atoms with Crippen LogP contribution < -0.4 is 57.4 Å². The summed E-state index contributed by atoms with van der Waals surface area (Å²) in [4.78, 5) is 0. The number of morpholine rings is 2. The van der Waals surface area contributed by atoms with Crippen LogP contribution >= 0.6 is 0 Å². The summed E-state index contributed by atoms with van der Waals surface area (Å²) in [5.74, 6) is 1.83. The van der Waals surface area contributed by atoms with Crippen molar-refractivity contribution >= 4 is 11.1 Å². The van der Waals surface area contributed by atoms with Crippen LogP contribution in [0.15, 0.2) is 60.7 Å². The number of likely N-dealkylation sites (N-methyl/N-ethyl adjacent to an activating group) is 2. The number of allylic oxidation sites excluding steroid dienone is 4. The molecule has 2 saturated heterocycles. The van der Waals surface area contributed by atoms with Gasteiger partial charge in [-0.05, 0) is 60.4 Å². The smallest absolute Gasteiger partial charge is 0.137 e. The Hall–Kier alpha value is -1.18. The number of ether oxygens (including phenoxy) is 4. The van der Waals surface area contributed by atoms with Gasteiger partial charge in [0.05, 0.1) is 40.5 Å². The predicted octanol–water partition coefficient (Wildman–Crippen LogP) is -1.09. The SMILES string of the molecule is C/C=C(\C(=C\C)c1ccc(OCC[N+]2(C)CCOCC2)cc1)c1ccc(OCC[N+]2(C)CCOCC2)cc1.[I-].[I-]. The molecule has 0 bridgehead atoms. The van der Waals surface area contributed by atoms with Gasteiger partial charge in [-0.15, -0.1) is 0 Å². The Balaban J connectivity index is 0.00000280. The first-order chi connectivity index (χ1) is 18.4. The van der Waals surface area contributed by atoms with Crippen LogP contribution in [0.25, 0.3) is 11.1 Å². The van der Waals surface area contributed by atoms with E-state index in [0.29, 0.717) is 13.2 Å². The summed E-state index contributed by atoms with van der Waals surface area (Å²) in [7, 11) is 4.58. The molecule has 0 amide bonds. The highest BCUT2D eigenvalue weighted by Crippen LogP contribution is 2.33. The van der Waals surface area contributed by atoms with Gasteiger partial charge < -0.3 is 75.9 Å². The molecule has 6 nitrogen and oxygen atoms in total. The zero-order valence-corrected chi connectivity index (χ0v) is 28.9. The third-order valence-corrected chi connectivity index (χ3v) is 8.10. The van der Waals surface area contributed by atoms with E-state index < -0.39 is 0 Å². The summed E-state index contributed by atoms with van der Waals surface area (Å²) in [6, 6.07) is 17.0. The fourth-order valence-corrected chi connectivity index (χ4v) is 5.20. The van der Waals surface area contributed by atoms with E-state index in [4.69, 9.17) is 18.9 Å². The van der Waals surface area contributed by atoms with Crippen molar-refractivity contribution in [1.82, 2.24) is 0 Å². The molecule has 2 aliphatic heterocycles. The van der Waals surface area contributed by atoms with Crippen LogP contribution in [0.3, 0.4) is 0 Å². The van der Waals surface area contributed by atoms with Gasteiger partial charge in [0, 0.05) is 0 Å². The van der Waals surface area contributed by atoms with Gasteiger partial charge in [-0.25, -0.2) is 0 Å². The number of nitrogens with zero attached hydrogens (tertiary/aromatic N) is 2. The van der Waals surface area contributed by atoms with E-state index in [-0.39, 0.29) is 48.0 Å². The van der Waals surface area contributed by atoms with Crippen LogP contribution in [0.2, 0.25) is 0 Å². The van der Waals surface area contributed by atoms with Crippen LogP contribution in [0.4, 0.5) is 0 Å². The van der Waals surface area contributed by atoms with Gasteiger partial charge in [0.2, 0.25) is 0 Å². The van der Waals surface area contributed by atoms with Crippen LogP contribution in [-0.4, -0.2) is 102 Å².